The van der Waals surface area contributed by atoms with Crippen LogP contribution in [-0.2, 0) is 4.79 Å². The number of benzene rings is 1. The fraction of sp³-hybridized carbons (Fsp3) is 0.400. The average Bonchev–Trinajstić information content (AvgIpc) is 2.64. The maximum Gasteiger partial charge on any atom is 0.254 e. The van der Waals surface area contributed by atoms with E-state index in [2.05, 4.69) is 13.2 Å². The molecule has 1 aliphatic rings. The quantitative estimate of drug-likeness (QED) is 0.700. The summed E-state index contributed by atoms with van der Waals surface area (Å²) in [4.78, 5) is 30.3. The van der Waals surface area contributed by atoms with Crippen LogP contribution in [0.15, 0.2) is 43.5 Å². The Balaban J connectivity index is 1.88. The summed E-state index contributed by atoms with van der Waals surface area (Å²) in [5.41, 5.74) is 0.884. The smallest absolute Gasteiger partial charge is 0.254 e. The largest absolute Gasteiger partial charge is 0.336 e. The third-order valence-corrected chi connectivity index (χ3v) is 4.49. The highest BCUT2D eigenvalue weighted by atomic mass is 19.1. The predicted molar refractivity (Wildman–Crippen MR) is 100 cm³/mol. The van der Waals surface area contributed by atoms with Crippen LogP contribution in [0.4, 0.5) is 4.39 Å². The van der Waals surface area contributed by atoms with Crippen LogP contribution in [0.3, 0.4) is 0 Å². The summed E-state index contributed by atoms with van der Waals surface area (Å²) >= 11 is 0. The molecule has 0 N–H and O–H groups in total. The third-order valence-electron chi connectivity index (χ3n) is 4.49. The van der Waals surface area contributed by atoms with Crippen molar-refractivity contribution in [1.82, 2.24) is 14.7 Å². The van der Waals surface area contributed by atoms with Crippen LogP contribution in [0, 0.1) is 12.7 Å². The van der Waals surface area contributed by atoms with Crippen molar-refractivity contribution < 1.29 is 14.0 Å². The lowest BCUT2D eigenvalue weighted by molar-refractivity contribution is -0.131. The van der Waals surface area contributed by atoms with Crippen molar-refractivity contribution >= 4 is 11.8 Å². The first kappa shape index (κ1) is 19.8. The predicted octanol–water partition coefficient (Wildman–Crippen LogP) is 2.09. The molecule has 1 saturated heterocycles. The Kier molecular flexibility index (Phi) is 7.09. The minimum Gasteiger partial charge on any atom is -0.336 e. The van der Waals surface area contributed by atoms with E-state index in [0.29, 0.717) is 56.9 Å². The van der Waals surface area contributed by atoms with Crippen LogP contribution in [0.2, 0.25) is 0 Å². The number of carbonyl (C=O) groups excluding carboxylic acids is 2. The number of hydrogen-bond donors (Lipinski definition) is 0. The Morgan fingerprint density at radius 2 is 1.77 bits per heavy atom. The Hall–Kier alpha value is -2.47. The topological polar surface area (TPSA) is 43.9 Å². The fourth-order valence-corrected chi connectivity index (χ4v) is 2.90. The highest BCUT2D eigenvalue weighted by molar-refractivity contribution is 5.94. The molecule has 0 aromatic heterocycles. The number of nitrogens with zero attached hydrogens (tertiary/aromatic N) is 3. The molecule has 1 aromatic carbocycles. The molecule has 2 rings (SSSR count). The van der Waals surface area contributed by atoms with Crippen molar-refractivity contribution in [3.8, 4) is 0 Å². The number of rotatable bonds is 7. The van der Waals surface area contributed by atoms with E-state index in [1.165, 1.54) is 6.07 Å². The van der Waals surface area contributed by atoms with E-state index in [-0.39, 0.29) is 17.6 Å². The van der Waals surface area contributed by atoms with Gasteiger partial charge in [0.05, 0.1) is 6.54 Å². The number of piperazine rings is 1. The van der Waals surface area contributed by atoms with Gasteiger partial charge in [-0.15, -0.1) is 13.2 Å². The van der Waals surface area contributed by atoms with Gasteiger partial charge in [-0.1, -0.05) is 18.2 Å². The summed E-state index contributed by atoms with van der Waals surface area (Å²) in [5.74, 6) is -0.524. The zero-order chi connectivity index (χ0) is 19.1. The van der Waals surface area contributed by atoms with Crippen LogP contribution in [-0.4, -0.2) is 72.3 Å². The Morgan fingerprint density at radius 1 is 1.15 bits per heavy atom. The van der Waals surface area contributed by atoms with Gasteiger partial charge in [0.1, 0.15) is 5.82 Å². The molecular formula is C20H26FN3O2. The molecule has 0 atom stereocenters. The van der Waals surface area contributed by atoms with E-state index >= 15 is 0 Å². The van der Waals surface area contributed by atoms with Gasteiger partial charge in [0.15, 0.2) is 0 Å². The molecule has 140 valence electrons. The normalized spacial score (nSPS) is 14.8. The summed E-state index contributed by atoms with van der Waals surface area (Å²) in [5, 5.41) is 0. The Bertz CT molecular complexity index is 672. The highest BCUT2D eigenvalue weighted by Gasteiger charge is 2.24. The molecule has 1 aromatic rings. The third kappa shape index (κ3) is 5.02. The van der Waals surface area contributed by atoms with E-state index < -0.39 is 0 Å². The minimum absolute atomic E-state index is 0.0187. The molecule has 6 heteroatoms. The summed E-state index contributed by atoms with van der Waals surface area (Å²) in [6, 6.07) is 4.56. The molecule has 0 bridgehead atoms. The Morgan fingerprint density at radius 3 is 2.31 bits per heavy atom. The summed E-state index contributed by atoms with van der Waals surface area (Å²) < 4.78 is 13.7. The van der Waals surface area contributed by atoms with E-state index in [9.17, 15) is 14.0 Å². The number of amides is 2. The van der Waals surface area contributed by atoms with Gasteiger partial charge in [0.2, 0.25) is 5.91 Å². The van der Waals surface area contributed by atoms with E-state index in [4.69, 9.17) is 0 Å². The standard InChI is InChI=1S/C20H26FN3O2/c1-4-8-23(9-5-2)19(25)15-22-10-12-24(13-11-22)20(26)17-7-6-16(3)18(21)14-17/h4-7,14H,1-2,8-13,15H2,3H3. The molecule has 2 amide bonds. The van der Waals surface area contributed by atoms with Crippen LogP contribution in [0.5, 0.6) is 0 Å². The second-order valence-corrected chi connectivity index (χ2v) is 6.41. The Labute approximate surface area is 154 Å². The lowest BCUT2D eigenvalue weighted by atomic mass is 10.1. The lowest BCUT2D eigenvalue weighted by Gasteiger charge is -2.35. The molecule has 0 radical (unpaired) electrons. The fourth-order valence-electron chi connectivity index (χ4n) is 2.90. The van der Waals surface area contributed by atoms with Crippen LogP contribution < -0.4 is 0 Å². The van der Waals surface area contributed by atoms with E-state index in [0.717, 1.165) is 0 Å². The van der Waals surface area contributed by atoms with Gasteiger partial charge in [0, 0.05) is 44.8 Å². The minimum atomic E-state index is -0.371. The molecule has 0 spiro atoms. The average molecular weight is 359 g/mol. The number of hydrogen-bond acceptors (Lipinski definition) is 3. The molecule has 1 aliphatic heterocycles. The number of carbonyl (C=O) groups is 2. The van der Waals surface area contributed by atoms with Gasteiger partial charge in [-0.2, -0.15) is 0 Å². The monoisotopic (exact) mass is 359 g/mol. The first-order valence-corrected chi connectivity index (χ1v) is 8.73. The van der Waals surface area contributed by atoms with Crippen molar-refractivity contribution in [3.63, 3.8) is 0 Å². The first-order chi connectivity index (χ1) is 12.5. The van der Waals surface area contributed by atoms with Crippen LogP contribution in [0.25, 0.3) is 0 Å². The van der Waals surface area contributed by atoms with Gasteiger partial charge in [-0.05, 0) is 24.6 Å². The van der Waals surface area contributed by atoms with Gasteiger partial charge in [-0.3, -0.25) is 14.5 Å². The number of aryl methyl sites for hydroxylation is 1. The summed E-state index contributed by atoms with van der Waals surface area (Å²) in [7, 11) is 0. The molecule has 1 heterocycles. The molecule has 1 fully saturated rings. The molecule has 26 heavy (non-hydrogen) atoms. The highest BCUT2D eigenvalue weighted by Crippen LogP contribution is 2.13. The van der Waals surface area contributed by atoms with Crippen LogP contribution in [0.1, 0.15) is 15.9 Å². The maximum absolute atomic E-state index is 13.7. The molecule has 0 aliphatic carbocycles. The zero-order valence-electron chi connectivity index (χ0n) is 15.3. The second-order valence-electron chi connectivity index (χ2n) is 6.41. The number of halogens is 1. The van der Waals surface area contributed by atoms with Gasteiger partial charge in [-0.25, -0.2) is 4.39 Å². The molecule has 0 saturated carbocycles. The second kappa shape index (κ2) is 9.29. The van der Waals surface area contributed by atoms with Crippen molar-refractivity contribution in [2.75, 3.05) is 45.8 Å². The zero-order valence-corrected chi connectivity index (χ0v) is 15.3. The van der Waals surface area contributed by atoms with Crippen molar-refractivity contribution in [1.29, 1.82) is 0 Å². The SMILES string of the molecule is C=CCN(CC=C)C(=O)CN1CCN(C(=O)c2ccc(C)c(F)c2)CC1. The van der Waals surface area contributed by atoms with Crippen molar-refractivity contribution in [2.24, 2.45) is 0 Å². The first-order valence-electron chi connectivity index (χ1n) is 8.73. The maximum atomic E-state index is 13.7. The van der Waals surface area contributed by atoms with Gasteiger partial charge in [0.25, 0.3) is 5.91 Å². The van der Waals surface area contributed by atoms with Crippen molar-refractivity contribution in [3.05, 3.63) is 60.5 Å². The van der Waals surface area contributed by atoms with Gasteiger partial charge >= 0.3 is 0 Å². The van der Waals surface area contributed by atoms with Crippen LogP contribution >= 0.6 is 0 Å². The van der Waals surface area contributed by atoms with E-state index in [1.54, 1.807) is 41.0 Å². The summed E-state index contributed by atoms with van der Waals surface area (Å²) in [6.07, 6.45) is 3.39. The lowest BCUT2D eigenvalue weighted by Crippen LogP contribution is -2.51. The molecule has 5 nitrogen and oxygen atoms in total. The molecule has 0 unspecified atom stereocenters. The van der Waals surface area contributed by atoms with E-state index in [1.807, 2.05) is 4.90 Å². The summed E-state index contributed by atoms with van der Waals surface area (Å²) in [6.45, 7) is 12.6. The van der Waals surface area contributed by atoms with Crippen molar-refractivity contribution in [2.45, 2.75) is 6.92 Å². The molecular weight excluding hydrogens is 333 g/mol. The van der Waals surface area contributed by atoms with Gasteiger partial charge < -0.3 is 9.80 Å².